The molecule has 1 aromatic carbocycles. The van der Waals surface area contributed by atoms with Crippen LogP contribution >= 0.6 is 11.3 Å². The van der Waals surface area contributed by atoms with Gasteiger partial charge in [-0.05, 0) is 30.0 Å². The van der Waals surface area contributed by atoms with Crippen molar-refractivity contribution in [1.29, 1.82) is 0 Å². The molecule has 1 nitrogen and oxygen atoms in total. The summed E-state index contributed by atoms with van der Waals surface area (Å²) in [5.74, 6) is -1.68. The lowest BCUT2D eigenvalue weighted by Crippen LogP contribution is -2.02. The van der Waals surface area contributed by atoms with Crippen molar-refractivity contribution < 1.29 is 13.6 Å². The lowest BCUT2D eigenvalue weighted by atomic mass is 10.1. The molecule has 0 radical (unpaired) electrons. The van der Waals surface area contributed by atoms with E-state index in [2.05, 4.69) is 0 Å². The smallest absolute Gasteiger partial charge is 0.163 e. The molecule has 0 fully saturated rings. The van der Waals surface area contributed by atoms with E-state index in [4.69, 9.17) is 0 Å². The molecule has 0 saturated heterocycles. The van der Waals surface area contributed by atoms with Gasteiger partial charge in [-0.2, -0.15) is 0 Å². The molecule has 1 heterocycles. The Morgan fingerprint density at radius 3 is 2.47 bits per heavy atom. The Hall–Kier alpha value is -1.55. The van der Waals surface area contributed by atoms with Gasteiger partial charge in [0.1, 0.15) is 11.6 Å². The first-order valence-corrected chi connectivity index (χ1v) is 6.05. The Morgan fingerprint density at radius 2 is 1.88 bits per heavy atom. The highest BCUT2D eigenvalue weighted by Crippen LogP contribution is 2.15. The second kappa shape index (κ2) is 5.19. The summed E-state index contributed by atoms with van der Waals surface area (Å²) in [6.45, 7) is 0. The zero-order chi connectivity index (χ0) is 12.3. The number of carbonyl (C=O) groups is 1. The Labute approximate surface area is 102 Å². The second-order valence-corrected chi connectivity index (χ2v) is 4.69. The normalized spacial score (nSPS) is 10.5. The molecular formula is C13H10F2OS. The Balaban J connectivity index is 2.04. The molecule has 0 atom stereocenters. The van der Waals surface area contributed by atoms with Crippen molar-refractivity contribution in [3.05, 3.63) is 57.8 Å². The predicted octanol–water partition coefficient (Wildman–Crippen LogP) is 3.84. The Bertz CT molecular complexity index is 500. The molecule has 0 spiro atoms. The van der Waals surface area contributed by atoms with Crippen LogP contribution in [0.1, 0.15) is 21.7 Å². The third-order valence-electron chi connectivity index (χ3n) is 2.36. The van der Waals surface area contributed by atoms with Crippen molar-refractivity contribution in [2.24, 2.45) is 0 Å². The van der Waals surface area contributed by atoms with Crippen LogP contribution in [-0.2, 0) is 6.42 Å². The van der Waals surface area contributed by atoms with Crippen LogP contribution in [0.4, 0.5) is 8.78 Å². The van der Waals surface area contributed by atoms with Gasteiger partial charge in [-0.1, -0.05) is 6.07 Å². The van der Waals surface area contributed by atoms with Gasteiger partial charge < -0.3 is 0 Å². The molecule has 2 aromatic rings. The Morgan fingerprint density at radius 1 is 1.18 bits per heavy atom. The van der Waals surface area contributed by atoms with Gasteiger partial charge in [0.05, 0.1) is 0 Å². The molecule has 0 unspecified atom stereocenters. The maximum atomic E-state index is 12.9. The van der Waals surface area contributed by atoms with Gasteiger partial charge >= 0.3 is 0 Å². The van der Waals surface area contributed by atoms with Gasteiger partial charge in [0.2, 0.25) is 0 Å². The van der Waals surface area contributed by atoms with E-state index >= 15 is 0 Å². The summed E-state index contributed by atoms with van der Waals surface area (Å²) in [5, 5.41) is 1.93. The van der Waals surface area contributed by atoms with E-state index in [-0.39, 0.29) is 17.8 Å². The average molecular weight is 252 g/mol. The number of hydrogen-bond acceptors (Lipinski definition) is 2. The number of aryl methyl sites for hydroxylation is 1. The number of benzene rings is 1. The van der Waals surface area contributed by atoms with Gasteiger partial charge in [-0.3, -0.25) is 4.79 Å². The Kier molecular flexibility index (Phi) is 3.64. The second-order valence-electron chi connectivity index (χ2n) is 3.66. The number of hydrogen-bond donors (Lipinski definition) is 0. The van der Waals surface area contributed by atoms with Crippen molar-refractivity contribution in [3.63, 3.8) is 0 Å². The topological polar surface area (TPSA) is 17.1 Å². The fourth-order valence-electron chi connectivity index (χ4n) is 1.55. The minimum Gasteiger partial charge on any atom is -0.294 e. The summed E-state index contributed by atoms with van der Waals surface area (Å²) >= 11 is 1.57. The van der Waals surface area contributed by atoms with Crippen LogP contribution in [0.5, 0.6) is 0 Å². The van der Waals surface area contributed by atoms with Gasteiger partial charge in [-0.15, -0.1) is 11.3 Å². The van der Waals surface area contributed by atoms with E-state index in [0.717, 1.165) is 23.1 Å². The predicted molar refractivity (Wildman–Crippen MR) is 63.3 cm³/mol. The number of Topliss-reactive ketones (excluding diaryl/α,β-unsaturated/α-hetero) is 1. The summed E-state index contributed by atoms with van der Waals surface area (Å²) in [6.07, 6.45) is 0.873. The molecule has 0 bridgehead atoms. The molecule has 0 N–H and O–H groups in total. The van der Waals surface area contributed by atoms with E-state index in [9.17, 15) is 13.6 Å². The highest BCUT2D eigenvalue weighted by atomic mass is 32.1. The summed E-state index contributed by atoms with van der Waals surface area (Å²) in [6, 6.07) is 6.74. The molecule has 17 heavy (non-hydrogen) atoms. The molecule has 2 rings (SSSR count). The number of carbonyl (C=O) groups excluding carboxylic acids is 1. The molecule has 0 amide bonds. The van der Waals surface area contributed by atoms with Gasteiger partial charge in [-0.25, -0.2) is 8.78 Å². The fraction of sp³-hybridized carbons (Fsp3) is 0.154. The highest BCUT2D eigenvalue weighted by Gasteiger charge is 2.09. The fourth-order valence-corrected chi connectivity index (χ4v) is 2.26. The highest BCUT2D eigenvalue weighted by molar-refractivity contribution is 7.09. The maximum Gasteiger partial charge on any atom is 0.163 e. The lowest BCUT2D eigenvalue weighted by Gasteiger charge is -2.01. The first-order chi connectivity index (χ1) is 8.15. The van der Waals surface area contributed by atoms with E-state index in [1.807, 2.05) is 17.5 Å². The third kappa shape index (κ3) is 3.20. The molecule has 1 aromatic heterocycles. The molecular weight excluding hydrogens is 242 g/mol. The third-order valence-corrected chi connectivity index (χ3v) is 3.30. The van der Waals surface area contributed by atoms with E-state index in [1.54, 1.807) is 11.3 Å². The first-order valence-electron chi connectivity index (χ1n) is 5.17. The van der Waals surface area contributed by atoms with E-state index in [1.165, 1.54) is 0 Å². The van der Waals surface area contributed by atoms with E-state index < -0.39 is 11.6 Å². The molecule has 0 aliphatic carbocycles. The maximum absolute atomic E-state index is 12.9. The van der Waals surface area contributed by atoms with Gasteiger partial charge in [0.15, 0.2) is 5.78 Å². The molecule has 0 saturated carbocycles. The van der Waals surface area contributed by atoms with E-state index in [0.29, 0.717) is 6.42 Å². The zero-order valence-electron chi connectivity index (χ0n) is 8.95. The van der Waals surface area contributed by atoms with Crippen molar-refractivity contribution in [3.8, 4) is 0 Å². The molecule has 4 heteroatoms. The van der Waals surface area contributed by atoms with Crippen LogP contribution in [0.2, 0.25) is 0 Å². The van der Waals surface area contributed by atoms with Crippen LogP contribution in [0.3, 0.4) is 0 Å². The number of thiophene rings is 1. The lowest BCUT2D eigenvalue weighted by molar-refractivity contribution is 0.0982. The van der Waals surface area contributed by atoms with Crippen LogP contribution in [0, 0.1) is 11.6 Å². The van der Waals surface area contributed by atoms with Crippen LogP contribution < -0.4 is 0 Å². The number of rotatable bonds is 4. The van der Waals surface area contributed by atoms with Crippen molar-refractivity contribution in [1.82, 2.24) is 0 Å². The SMILES string of the molecule is O=C(CCc1cccs1)c1cc(F)cc(F)c1. The van der Waals surface area contributed by atoms with Crippen molar-refractivity contribution in [2.75, 3.05) is 0 Å². The summed E-state index contributed by atoms with van der Waals surface area (Å²) in [5.41, 5.74) is 0.0963. The first kappa shape index (κ1) is 11.9. The van der Waals surface area contributed by atoms with Crippen molar-refractivity contribution in [2.45, 2.75) is 12.8 Å². The summed E-state index contributed by atoms with van der Waals surface area (Å²) < 4.78 is 25.8. The van der Waals surface area contributed by atoms with Crippen LogP contribution in [0.25, 0.3) is 0 Å². The zero-order valence-corrected chi connectivity index (χ0v) is 9.77. The standard InChI is InChI=1S/C13H10F2OS/c14-10-6-9(7-11(15)8-10)13(16)4-3-12-2-1-5-17-12/h1-2,5-8H,3-4H2. The quantitative estimate of drug-likeness (QED) is 0.755. The minimum atomic E-state index is -0.718. The monoisotopic (exact) mass is 252 g/mol. The average Bonchev–Trinajstić information content (AvgIpc) is 2.77. The largest absolute Gasteiger partial charge is 0.294 e. The van der Waals surface area contributed by atoms with Gasteiger partial charge in [0.25, 0.3) is 0 Å². The number of halogens is 2. The molecule has 0 aliphatic heterocycles. The number of ketones is 1. The van der Waals surface area contributed by atoms with Crippen LogP contribution in [0.15, 0.2) is 35.7 Å². The molecule has 88 valence electrons. The summed E-state index contributed by atoms with van der Waals surface area (Å²) in [7, 11) is 0. The summed E-state index contributed by atoms with van der Waals surface area (Å²) in [4.78, 5) is 12.8. The van der Waals surface area contributed by atoms with Crippen LogP contribution in [-0.4, -0.2) is 5.78 Å². The van der Waals surface area contributed by atoms with Crippen molar-refractivity contribution >= 4 is 17.1 Å². The minimum absolute atomic E-state index is 0.0963. The molecule has 0 aliphatic rings. The van der Waals surface area contributed by atoms with Gasteiger partial charge in [0, 0.05) is 22.9 Å².